The van der Waals surface area contributed by atoms with Crippen LogP contribution in [0.25, 0.3) is 0 Å². The van der Waals surface area contributed by atoms with Gasteiger partial charge in [-0.3, -0.25) is 4.79 Å². The first kappa shape index (κ1) is 14.5. The van der Waals surface area contributed by atoms with Crippen LogP contribution in [0.5, 0.6) is 0 Å². The summed E-state index contributed by atoms with van der Waals surface area (Å²) in [5, 5.41) is 3.37. The zero-order valence-electron chi connectivity index (χ0n) is 11.0. The van der Waals surface area contributed by atoms with E-state index in [4.69, 9.17) is 11.6 Å². The van der Waals surface area contributed by atoms with Crippen molar-refractivity contribution in [3.8, 4) is 0 Å². The molecule has 1 unspecified atom stereocenters. The van der Waals surface area contributed by atoms with E-state index >= 15 is 0 Å². The Hall–Kier alpha value is -1.39. The van der Waals surface area contributed by atoms with Crippen molar-refractivity contribution in [1.29, 1.82) is 0 Å². The van der Waals surface area contributed by atoms with Gasteiger partial charge in [-0.2, -0.15) is 0 Å². The summed E-state index contributed by atoms with van der Waals surface area (Å²) in [7, 11) is 0. The number of fused-ring (bicyclic) bond motifs is 1. The number of halogens is 3. The van der Waals surface area contributed by atoms with Gasteiger partial charge in [0.25, 0.3) is 0 Å². The van der Waals surface area contributed by atoms with E-state index in [-0.39, 0.29) is 16.6 Å². The molecule has 0 fully saturated rings. The second kappa shape index (κ2) is 5.78. The molecule has 1 heterocycles. The van der Waals surface area contributed by atoms with Crippen molar-refractivity contribution >= 4 is 39.1 Å². The lowest BCUT2D eigenvalue weighted by Crippen LogP contribution is -2.03. The predicted octanol–water partition coefficient (Wildman–Crippen LogP) is 4.65. The number of rotatable bonds is 3. The van der Waals surface area contributed by atoms with Crippen LogP contribution in [0.2, 0.25) is 5.02 Å². The Morgan fingerprint density at radius 2 is 2.14 bits per heavy atom. The predicted molar refractivity (Wildman–Crippen MR) is 85.6 cm³/mol. The molecule has 2 aromatic carbocycles. The minimum absolute atomic E-state index is 0.0190. The third-order valence-electron chi connectivity index (χ3n) is 3.49. The van der Waals surface area contributed by atoms with Crippen LogP contribution in [-0.4, -0.2) is 5.91 Å². The van der Waals surface area contributed by atoms with E-state index in [1.165, 1.54) is 12.1 Å². The third kappa shape index (κ3) is 3.11. The van der Waals surface area contributed by atoms with Crippen molar-refractivity contribution < 1.29 is 9.18 Å². The number of hydrogen-bond acceptors (Lipinski definition) is 1. The van der Waals surface area contributed by atoms with Crippen molar-refractivity contribution in [2.24, 2.45) is 0 Å². The van der Waals surface area contributed by atoms with Gasteiger partial charge in [-0.15, -0.1) is 0 Å². The molecule has 0 aliphatic carbocycles. The molecule has 21 heavy (non-hydrogen) atoms. The van der Waals surface area contributed by atoms with Crippen molar-refractivity contribution in [2.75, 3.05) is 5.32 Å². The smallest absolute Gasteiger partial charge is 0.228 e. The fourth-order valence-electron chi connectivity index (χ4n) is 2.49. The summed E-state index contributed by atoms with van der Waals surface area (Å²) in [6.07, 6.45) is 0.997. The molecule has 0 radical (unpaired) electrons. The molecule has 108 valence electrons. The lowest BCUT2D eigenvalue weighted by molar-refractivity contribution is -0.115. The molecular weight excluding hydrogens is 357 g/mol. The summed E-state index contributed by atoms with van der Waals surface area (Å²) in [6.45, 7) is 0. The normalized spacial score (nSPS) is 14.7. The van der Waals surface area contributed by atoms with E-state index in [1.54, 1.807) is 12.1 Å². The number of anilines is 1. The van der Waals surface area contributed by atoms with Crippen LogP contribution in [0, 0.1) is 5.82 Å². The maximum atomic E-state index is 13.2. The van der Waals surface area contributed by atoms with Gasteiger partial charge in [-0.1, -0.05) is 45.7 Å². The fraction of sp³-hybridized carbons (Fsp3) is 0.188. The highest BCUT2D eigenvalue weighted by Crippen LogP contribution is 2.37. The minimum atomic E-state index is -0.248. The van der Waals surface area contributed by atoms with Gasteiger partial charge in [-0.05, 0) is 41.3 Å². The Balaban J connectivity index is 1.87. The number of carbonyl (C=O) groups excluding carboxylic acids is 1. The Kier molecular flexibility index (Phi) is 4.00. The summed E-state index contributed by atoms with van der Waals surface area (Å²) in [6, 6.07) is 10.2. The average Bonchev–Trinajstić information content (AvgIpc) is 2.76. The molecule has 1 N–H and O–H groups in total. The van der Waals surface area contributed by atoms with Gasteiger partial charge in [0.05, 0.1) is 6.42 Å². The Morgan fingerprint density at radius 3 is 2.90 bits per heavy atom. The molecular formula is C16H12BrClFNO. The van der Waals surface area contributed by atoms with Gasteiger partial charge in [0.1, 0.15) is 5.82 Å². The van der Waals surface area contributed by atoms with Crippen molar-refractivity contribution in [3.63, 3.8) is 0 Å². The van der Waals surface area contributed by atoms with Crippen LogP contribution in [0.1, 0.15) is 21.5 Å². The summed E-state index contributed by atoms with van der Waals surface area (Å²) < 4.78 is 13.2. The number of benzene rings is 2. The highest BCUT2D eigenvalue weighted by Gasteiger charge is 2.22. The molecule has 1 atom stereocenters. The second-order valence-electron chi connectivity index (χ2n) is 5.06. The van der Waals surface area contributed by atoms with Gasteiger partial charge < -0.3 is 5.32 Å². The van der Waals surface area contributed by atoms with E-state index in [1.807, 2.05) is 12.1 Å². The van der Waals surface area contributed by atoms with E-state index in [2.05, 4.69) is 21.2 Å². The van der Waals surface area contributed by atoms with Crippen molar-refractivity contribution in [1.82, 2.24) is 0 Å². The van der Waals surface area contributed by atoms with Crippen LogP contribution in [0.3, 0.4) is 0 Å². The molecule has 1 aliphatic heterocycles. The molecule has 2 nitrogen and oxygen atoms in total. The first-order valence-electron chi connectivity index (χ1n) is 6.53. The monoisotopic (exact) mass is 367 g/mol. The van der Waals surface area contributed by atoms with Gasteiger partial charge in [-0.25, -0.2) is 4.39 Å². The lowest BCUT2D eigenvalue weighted by atomic mass is 10.0. The number of carbonyl (C=O) groups is 1. The van der Waals surface area contributed by atoms with Gasteiger partial charge >= 0.3 is 0 Å². The summed E-state index contributed by atoms with van der Waals surface area (Å²) in [5.74, 6) is -0.267. The molecule has 0 bridgehead atoms. The van der Waals surface area contributed by atoms with Crippen LogP contribution in [0.4, 0.5) is 10.1 Å². The van der Waals surface area contributed by atoms with Gasteiger partial charge in [0.2, 0.25) is 5.91 Å². The molecule has 1 aliphatic rings. The Bertz CT molecular complexity index is 719. The minimum Gasteiger partial charge on any atom is -0.325 e. The maximum absolute atomic E-state index is 13.2. The summed E-state index contributed by atoms with van der Waals surface area (Å²) in [4.78, 5) is 11.4. The SMILES string of the molecule is O=C1Cc2cc(C(Br)Cc3cccc(F)c3)c(Cl)cc2N1. The zero-order chi connectivity index (χ0) is 15.0. The molecule has 0 spiro atoms. The molecule has 2 aromatic rings. The molecule has 5 heteroatoms. The van der Waals surface area contributed by atoms with Crippen molar-refractivity contribution in [3.05, 3.63) is 63.9 Å². The zero-order valence-corrected chi connectivity index (χ0v) is 13.3. The quantitative estimate of drug-likeness (QED) is 0.785. The number of amides is 1. The Labute approximate surface area is 135 Å². The first-order valence-corrected chi connectivity index (χ1v) is 7.83. The van der Waals surface area contributed by atoms with Crippen molar-refractivity contribution in [2.45, 2.75) is 17.7 Å². The lowest BCUT2D eigenvalue weighted by Gasteiger charge is -2.14. The molecule has 0 saturated heterocycles. The highest BCUT2D eigenvalue weighted by atomic mass is 79.9. The summed E-state index contributed by atoms with van der Waals surface area (Å²) >= 11 is 9.90. The topological polar surface area (TPSA) is 29.1 Å². The van der Waals surface area contributed by atoms with E-state index in [0.717, 1.165) is 22.4 Å². The summed E-state index contributed by atoms with van der Waals surface area (Å²) in [5.41, 5.74) is 3.53. The van der Waals surface area contributed by atoms with Crippen LogP contribution < -0.4 is 5.32 Å². The number of alkyl halides is 1. The second-order valence-corrected chi connectivity index (χ2v) is 6.57. The van der Waals surface area contributed by atoms with Gasteiger partial charge in [0, 0.05) is 15.5 Å². The Morgan fingerprint density at radius 1 is 1.33 bits per heavy atom. The van der Waals surface area contributed by atoms with E-state index in [0.29, 0.717) is 17.9 Å². The highest BCUT2D eigenvalue weighted by molar-refractivity contribution is 9.09. The van der Waals surface area contributed by atoms with Crippen LogP contribution >= 0.6 is 27.5 Å². The van der Waals surface area contributed by atoms with Gasteiger partial charge in [0.15, 0.2) is 0 Å². The third-order valence-corrected chi connectivity index (χ3v) is 4.63. The first-order chi connectivity index (χ1) is 10.0. The standard InChI is InChI=1S/C16H12BrClFNO/c17-13(5-9-2-1-3-11(19)4-9)12-6-10-7-16(21)20-15(10)8-14(12)18/h1-4,6,8,13H,5,7H2,(H,20,21). The largest absolute Gasteiger partial charge is 0.325 e. The fourth-order valence-corrected chi connectivity index (χ4v) is 3.67. The average molecular weight is 369 g/mol. The molecule has 0 aromatic heterocycles. The molecule has 1 amide bonds. The van der Waals surface area contributed by atoms with E-state index in [9.17, 15) is 9.18 Å². The molecule has 0 saturated carbocycles. The number of hydrogen-bond donors (Lipinski definition) is 1. The van der Waals surface area contributed by atoms with Crippen LogP contribution in [-0.2, 0) is 17.6 Å². The number of nitrogens with one attached hydrogen (secondary N) is 1. The van der Waals surface area contributed by atoms with Crippen LogP contribution in [0.15, 0.2) is 36.4 Å². The maximum Gasteiger partial charge on any atom is 0.228 e. The van der Waals surface area contributed by atoms with E-state index < -0.39 is 0 Å². The molecule has 3 rings (SSSR count).